The average molecular weight is 370 g/mol. The van der Waals surface area contributed by atoms with Crippen LogP contribution in [-0.4, -0.2) is 36.1 Å². The lowest BCUT2D eigenvalue weighted by Gasteiger charge is -2.13. The third kappa shape index (κ3) is 5.87. The van der Waals surface area contributed by atoms with Crippen molar-refractivity contribution >= 4 is 11.9 Å². The van der Waals surface area contributed by atoms with Crippen molar-refractivity contribution in [2.75, 3.05) is 25.5 Å². The number of guanidine groups is 1. The van der Waals surface area contributed by atoms with Gasteiger partial charge in [-0.25, -0.2) is 14.4 Å². The molecule has 0 unspecified atom stereocenters. The highest BCUT2D eigenvalue weighted by Gasteiger charge is 2.32. The molecule has 0 atom stereocenters. The molecule has 2 rings (SSSR count). The van der Waals surface area contributed by atoms with Gasteiger partial charge >= 0.3 is 6.18 Å². The Kier molecular flexibility index (Phi) is 6.70. The number of aliphatic imine (C=N–C) groups is 1. The summed E-state index contributed by atoms with van der Waals surface area (Å²) in [6.07, 6.45) is -3.48. The van der Waals surface area contributed by atoms with Gasteiger partial charge in [-0.1, -0.05) is 18.2 Å². The van der Waals surface area contributed by atoms with Gasteiger partial charge in [0.2, 0.25) is 5.95 Å². The fraction of sp³-hybridized carbons (Fsp3) is 0.312. The number of anilines is 1. The molecule has 0 aliphatic heterocycles. The number of alkyl halides is 3. The molecule has 1 heterocycles. The van der Waals surface area contributed by atoms with Crippen molar-refractivity contribution in [1.82, 2.24) is 20.6 Å². The summed E-state index contributed by atoms with van der Waals surface area (Å²) >= 11 is 0. The molecule has 0 fully saturated rings. The summed E-state index contributed by atoms with van der Waals surface area (Å²) in [5.41, 5.74) is -0.517. The van der Waals surface area contributed by atoms with E-state index in [-0.39, 0.29) is 24.9 Å². The van der Waals surface area contributed by atoms with Gasteiger partial charge in [0.1, 0.15) is 11.5 Å². The van der Waals surface area contributed by atoms with E-state index in [9.17, 15) is 17.6 Å². The van der Waals surface area contributed by atoms with Gasteiger partial charge in [-0.3, -0.25) is 4.99 Å². The number of hydrogen-bond acceptors (Lipinski definition) is 4. The minimum Gasteiger partial charge on any atom is -0.355 e. The van der Waals surface area contributed by atoms with Crippen LogP contribution in [0.1, 0.15) is 11.3 Å². The minimum absolute atomic E-state index is 0.115. The van der Waals surface area contributed by atoms with E-state index in [0.717, 1.165) is 12.3 Å². The molecule has 10 heteroatoms. The van der Waals surface area contributed by atoms with Gasteiger partial charge in [0, 0.05) is 38.4 Å². The van der Waals surface area contributed by atoms with Crippen LogP contribution in [0.15, 0.2) is 41.5 Å². The first kappa shape index (κ1) is 19.4. The zero-order chi connectivity index (χ0) is 19.0. The first-order chi connectivity index (χ1) is 12.4. The topological polar surface area (TPSA) is 74.2 Å². The number of hydrogen-bond donors (Lipinski definition) is 3. The van der Waals surface area contributed by atoms with Gasteiger partial charge < -0.3 is 16.0 Å². The number of nitrogens with zero attached hydrogens (tertiary/aromatic N) is 3. The van der Waals surface area contributed by atoms with Crippen molar-refractivity contribution in [3.63, 3.8) is 0 Å². The van der Waals surface area contributed by atoms with Gasteiger partial charge in [0.05, 0.1) is 0 Å². The van der Waals surface area contributed by atoms with Crippen LogP contribution in [0.2, 0.25) is 0 Å². The van der Waals surface area contributed by atoms with E-state index in [1.807, 2.05) is 0 Å². The Balaban J connectivity index is 1.77. The van der Waals surface area contributed by atoms with Crippen molar-refractivity contribution in [3.8, 4) is 0 Å². The average Bonchev–Trinajstić information content (AvgIpc) is 2.62. The van der Waals surface area contributed by atoms with Crippen molar-refractivity contribution in [1.29, 1.82) is 0 Å². The Morgan fingerprint density at radius 2 is 1.88 bits per heavy atom. The smallest absolute Gasteiger partial charge is 0.355 e. The van der Waals surface area contributed by atoms with Gasteiger partial charge in [-0.2, -0.15) is 13.2 Å². The molecule has 26 heavy (non-hydrogen) atoms. The third-order valence-corrected chi connectivity index (χ3v) is 3.27. The lowest BCUT2D eigenvalue weighted by molar-refractivity contribution is -0.141. The molecule has 0 saturated carbocycles. The largest absolute Gasteiger partial charge is 0.433 e. The number of halogens is 4. The fourth-order valence-electron chi connectivity index (χ4n) is 2.00. The minimum atomic E-state index is -4.52. The van der Waals surface area contributed by atoms with Crippen molar-refractivity contribution < 1.29 is 17.6 Å². The highest BCUT2D eigenvalue weighted by Crippen LogP contribution is 2.27. The Hall–Kier alpha value is -2.91. The van der Waals surface area contributed by atoms with Crippen LogP contribution in [0, 0.1) is 5.82 Å². The molecule has 6 nitrogen and oxygen atoms in total. The maximum atomic E-state index is 13.6. The van der Waals surface area contributed by atoms with E-state index in [2.05, 4.69) is 30.9 Å². The van der Waals surface area contributed by atoms with Crippen LogP contribution in [-0.2, 0) is 12.7 Å². The van der Waals surface area contributed by atoms with Gasteiger partial charge in [0.15, 0.2) is 5.96 Å². The fourth-order valence-corrected chi connectivity index (χ4v) is 2.00. The lowest BCUT2D eigenvalue weighted by Crippen LogP contribution is -2.39. The Bertz CT molecular complexity index is 748. The molecule has 140 valence electrons. The van der Waals surface area contributed by atoms with Crippen molar-refractivity contribution in [2.45, 2.75) is 12.7 Å². The van der Waals surface area contributed by atoms with E-state index in [4.69, 9.17) is 0 Å². The zero-order valence-corrected chi connectivity index (χ0v) is 13.9. The van der Waals surface area contributed by atoms with E-state index in [0.29, 0.717) is 18.1 Å². The third-order valence-electron chi connectivity index (χ3n) is 3.27. The summed E-state index contributed by atoms with van der Waals surface area (Å²) in [6, 6.07) is 7.16. The predicted octanol–water partition coefficient (Wildman–Crippen LogP) is 2.41. The summed E-state index contributed by atoms with van der Waals surface area (Å²) in [5.74, 6) is -0.00485. The first-order valence-electron chi connectivity index (χ1n) is 7.72. The molecule has 0 bridgehead atoms. The molecule has 1 aromatic heterocycles. The molecule has 0 amide bonds. The second kappa shape index (κ2) is 8.97. The van der Waals surface area contributed by atoms with Gasteiger partial charge in [0.25, 0.3) is 0 Å². The standard InChI is InChI=1S/C16H18F4N6/c1-21-14(25-10-11-4-2-3-5-12(11)17)23-8-9-24-15-22-7-6-13(26-15)16(18,19)20/h2-7H,8-10H2,1H3,(H2,21,23,25)(H,22,24,26). The second-order valence-electron chi connectivity index (χ2n) is 5.13. The maximum absolute atomic E-state index is 13.6. The quantitative estimate of drug-likeness (QED) is 0.315. The summed E-state index contributed by atoms with van der Waals surface area (Å²) < 4.78 is 51.3. The highest BCUT2D eigenvalue weighted by molar-refractivity contribution is 5.79. The van der Waals surface area contributed by atoms with Gasteiger partial charge in [-0.05, 0) is 12.1 Å². The van der Waals surface area contributed by atoms with Crippen LogP contribution >= 0.6 is 0 Å². The maximum Gasteiger partial charge on any atom is 0.433 e. The molecule has 0 radical (unpaired) electrons. The van der Waals surface area contributed by atoms with E-state index in [1.165, 1.54) is 6.07 Å². The van der Waals surface area contributed by atoms with Gasteiger partial charge in [-0.15, -0.1) is 0 Å². The van der Waals surface area contributed by atoms with Crippen LogP contribution in [0.5, 0.6) is 0 Å². The normalized spacial score (nSPS) is 12.0. The lowest BCUT2D eigenvalue weighted by atomic mass is 10.2. The molecule has 0 saturated heterocycles. The summed E-state index contributed by atoms with van der Waals surface area (Å²) in [5, 5.41) is 8.59. The summed E-state index contributed by atoms with van der Waals surface area (Å²) in [6.45, 7) is 0.856. The van der Waals surface area contributed by atoms with E-state index in [1.54, 1.807) is 25.2 Å². The van der Waals surface area contributed by atoms with Crippen LogP contribution in [0.3, 0.4) is 0 Å². The highest BCUT2D eigenvalue weighted by atomic mass is 19.4. The number of nitrogens with one attached hydrogen (secondary N) is 3. The monoisotopic (exact) mass is 370 g/mol. The molecule has 1 aromatic carbocycles. The molecule has 0 aliphatic carbocycles. The van der Waals surface area contributed by atoms with Crippen molar-refractivity contribution in [2.24, 2.45) is 4.99 Å². The molecular weight excluding hydrogens is 352 g/mol. The molecule has 3 N–H and O–H groups in total. The number of aromatic nitrogens is 2. The Labute approximate surface area is 147 Å². The predicted molar refractivity (Wildman–Crippen MR) is 90.1 cm³/mol. The molecular formula is C16H18F4N6. The summed E-state index contributed by atoms with van der Waals surface area (Å²) in [7, 11) is 1.56. The number of rotatable bonds is 6. The Morgan fingerprint density at radius 1 is 1.12 bits per heavy atom. The van der Waals surface area contributed by atoms with Crippen LogP contribution < -0.4 is 16.0 Å². The SMILES string of the molecule is CN=C(NCCNc1nccc(C(F)(F)F)n1)NCc1ccccc1F. The number of benzene rings is 1. The van der Waals surface area contributed by atoms with Crippen LogP contribution in [0.4, 0.5) is 23.5 Å². The Morgan fingerprint density at radius 3 is 2.58 bits per heavy atom. The first-order valence-corrected chi connectivity index (χ1v) is 7.72. The van der Waals surface area contributed by atoms with E-state index < -0.39 is 11.9 Å². The molecule has 0 spiro atoms. The second-order valence-corrected chi connectivity index (χ2v) is 5.13. The van der Waals surface area contributed by atoms with E-state index >= 15 is 0 Å². The zero-order valence-electron chi connectivity index (χ0n) is 13.9. The molecule has 0 aliphatic rings. The van der Waals surface area contributed by atoms with Crippen LogP contribution in [0.25, 0.3) is 0 Å². The molecule has 2 aromatic rings. The van der Waals surface area contributed by atoms with Crippen molar-refractivity contribution in [3.05, 3.63) is 53.6 Å². The summed E-state index contributed by atoms with van der Waals surface area (Å²) in [4.78, 5) is 11.1.